The van der Waals surface area contributed by atoms with E-state index in [2.05, 4.69) is 19.7 Å². The van der Waals surface area contributed by atoms with Crippen molar-refractivity contribution in [1.29, 1.82) is 0 Å². The van der Waals surface area contributed by atoms with Gasteiger partial charge in [-0.1, -0.05) is 0 Å². The van der Waals surface area contributed by atoms with Crippen molar-refractivity contribution >= 4 is 23.3 Å². The number of methoxy groups -OCH3 is 2. The van der Waals surface area contributed by atoms with Crippen LogP contribution in [0.1, 0.15) is 20.7 Å². The number of nitrogens with zero attached hydrogens (tertiary/aromatic N) is 2. The van der Waals surface area contributed by atoms with Crippen molar-refractivity contribution in [1.82, 2.24) is 0 Å². The zero-order valence-electron chi connectivity index (χ0n) is 12.7. The van der Waals surface area contributed by atoms with Gasteiger partial charge in [-0.15, -0.1) is 10.2 Å². The summed E-state index contributed by atoms with van der Waals surface area (Å²) in [5.74, 6) is -2.86. The minimum Gasteiger partial charge on any atom is -0.465 e. The van der Waals surface area contributed by atoms with Crippen LogP contribution in [0, 0.1) is 11.6 Å². The Balaban J connectivity index is 2.37. The summed E-state index contributed by atoms with van der Waals surface area (Å²) in [4.78, 5) is 22.9. The molecule has 124 valence electrons. The molecule has 0 atom stereocenters. The molecule has 0 amide bonds. The first-order chi connectivity index (χ1) is 11.5. The maximum atomic E-state index is 13.7. The van der Waals surface area contributed by atoms with Gasteiger partial charge in [-0.05, 0) is 36.4 Å². The zero-order valence-corrected chi connectivity index (χ0v) is 12.7. The number of carbonyl (C=O) groups excluding carboxylic acids is 2. The second kappa shape index (κ2) is 7.40. The predicted octanol–water partition coefficient (Wildman–Crippen LogP) is 3.95. The first kappa shape index (κ1) is 17.2. The maximum absolute atomic E-state index is 13.7. The monoisotopic (exact) mass is 334 g/mol. The van der Waals surface area contributed by atoms with Gasteiger partial charge in [0.25, 0.3) is 0 Å². The number of rotatable bonds is 4. The van der Waals surface area contributed by atoms with Gasteiger partial charge in [0.1, 0.15) is 11.4 Å². The largest absolute Gasteiger partial charge is 0.465 e. The first-order valence-corrected chi connectivity index (χ1v) is 6.63. The molecule has 0 bridgehead atoms. The predicted molar refractivity (Wildman–Crippen MR) is 79.7 cm³/mol. The van der Waals surface area contributed by atoms with Crippen LogP contribution in [-0.4, -0.2) is 26.2 Å². The lowest BCUT2D eigenvalue weighted by molar-refractivity contribution is 0.0592. The van der Waals surface area contributed by atoms with E-state index < -0.39 is 23.6 Å². The number of halogens is 2. The summed E-state index contributed by atoms with van der Waals surface area (Å²) in [6.07, 6.45) is 0. The number of azo groups is 1. The molecule has 0 radical (unpaired) electrons. The van der Waals surface area contributed by atoms with Crippen LogP contribution in [0.3, 0.4) is 0 Å². The fraction of sp³-hybridized carbons (Fsp3) is 0.125. The van der Waals surface area contributed by atoms with Crippen molar-refractivity contribution < 1.29 is 27.8 Å². The molecule has 2 aromatic carbocycles. The highest BCUT2D eigenvalue weighted by molar-refractivity contribution is 5.90. The van der Waals surface area contributed by atoms with Gasteiger partial charge in [-0.3, -0.25) is 0 Å². The van der Waals surface area contributed by atoms with Crippen molar-refractivity contribution in [3.05, 3.63) is 59.2 Å². The Bertz CT molecular complexity index is 754. The van der Waals surface area contributed by atoms with Crippen molar-refractivity contribution in [2.24, 2.45) is 10.2 Å². The second-order valence-electron chi connectivity index (χ2n) is 4.52. The van der Waals surface area contributed by atoms with Crippen LogP contribution >= 0.6 is 0 Å². The Labute approximate surface area is 135 Å². The Hall–Kier alpha value is -3.16. The molecule has 0 N–H and O–H groups in total. The standard InChI is InChI=1S/C16H12F2N2O4/c1-23-15(21)9-3-5-11(17)13(7-9)19-20-14-8-10(16(22)24-2)4-6-12(14)18/h3-8H,1-2H3. The highest BCUT2D eigenvalue weighted by Crippen LogP contribution is 2.25. The van der Waals surface area contributed by atoms with Gasteiger partial charge in [0.15, 0.2) is 11.6 Å². The average Bonchev–Trinajstić information content (AvgIpc) is 2.60. The van der Waals surface area contributed by atoms with E-state index in [-0.39, 0.29) is 22.5 Å². The van der Waals surface area contributed by atoms with E-state index >= 15 is 0 Å². The molecule has 0 aliphatic heterocycles. The van der Waals surface area contributed by atoms with Crippen LogP contribution in [0.25, 0.3) is 0 Å². The van der Waals surface area contributed by atoms with Crippen LogP contribution < -0.4 is 0 Å². The topological polar surface area (TPSA) is 77.3 Å². The van der Waals surface area contributed by atoms with E-state index in [1.165, 1.54) is 26.4 Å². The van der Waals surface area contributed by atoms with Crippen LogP contribution in [0.4, 0.5) is 20.2 Å². The molecule has 0 saturated heterocycles. The number of hydrogen-bond acceptors (Lipinski definition) is 6. The molecule has 0 aliphatic rings. The van der Waals surface area contributed by atoms with Gasteiger partial charge < -0.3 is 9.47 Å². The molecule has 0 aliphatic carbocycles. The van der Waals surface area contributed by atoms with Gasteiger partial charge in [0, 0.05) is 0 Å². The Morgan fingerprint density at radius 1 is 0.792 bits per heavy atom. The highest BCUT2D eigenvalue weighted by Gasteiger charge is 2.12. The molecule has 0 fully saturated rings. The van der Waals surface area contributed by atoms with Gasteiger partial charge in [0.05, 0.1) is 25.3 Å². The van der Waals surface area contributed by atoms with E-state index in [0.717, 1.165) is 24.3 Å². The molecule has 8 heteroatoms. The number of benzene rings is 2. The van der Waals surface area contributed by atoms with Gasteiger partial charge in [-0.2, -0.15) is 0 Å². The summed E-state index contributed by atoms with van der Waals surface area (Å²) in [6, 6.07) is 6.71. The van der Waals surface area contributed by atoms with Crippen molar-refractivity contribution in [3.63, 3.8) is 0 Å². The molecule has 24 heavy (non-hydrogen) atoms. The lowest BCUT2D eigenvalue weighted by Crippen LogP contribution is -2.01. The molecule has 2 rings (SSSR count). The van der Waals surface area contributed by atoms with Gasteiger partial charge in [-0.25, -0.2) is 18.4 Å². The number of esters is 2. The van der Waals surface area contributed by atoms with Crippen molar-refractivity contribution in [3.8, 4) is 0 Å². The smallest absolute Gasteiger partial charge is 0.337 e. The van der Waals surface area contributed by atoms with Crippen LogP contribution in [0.15, 0.2) is 46.6 Å². The third-order valence-electron chi connectivity index (χ3n) is 3.00. The summed E-state index contributed by atoms with van der Waals surface area (Å²) >= 11 is 0. The normalized spacial score (nSPS) is 10.7. The molecular weight excluding hydrogens is 322 g/mol. The summed E-state index contributed by atoms with van der Waals surface area (Å²) in [7, 11) is 2.36. The van der Waals surface area contributed by atoms with Crippen LogP contribution in [0.5, 0.6) is 0 Å². The summed E-state index contributed by atoms with van der Waals surface area (Å²) in [5, 5.41) is 7.18. The van der Waals surface area contributed by atoms with Gasteiger partial charge >= 0.3 is 11.9 Å². The van der Waals surface area contributed by atoms with Gasteiger partial charge in [0.2, 0.25) is 0 Å². The second-order valence-corrected chi connectivity index (χ2v) is 4.52. The summed E-state index contributed by atoms with van der Waals surface area (Å²) in [6.45, 7) is 0. The van der Waals surface area contributed by atoms with Crippen LogP contribution in [-0.2, 0) is 9.47 Å². The molecule has 0 aromatic heterocycles. The molecule has 0 saturated carbocycles. The van der Waals surface area contributed by atoms with Crippen molar-refractivity contribution in [2.45, 2.75) is 0 Å². The molecular formula is C16H12F2N2O4. The lowest BCUT2D eigenvalue weighted by Gasteiger charge is -2.02. The molecule has 2 aromatic rings. The van der Waals surface area contributed by atoms with Crippen molar-refractivity contribution in [2.75, 3.05) is 14.2 Å². The van der Waals surface area contributed by atoms with E-state index in [1.54, 1.807) is 0 Å². The summed E-state index contributed by atoms with van der Waals surface area (Å²) < 4.78 is 36.5. The highest BCUT2D eigenvalue weighted by atomic mass is 19.1. The van der Waals surface area contributed by atoms with E-state index in [9.17, 15) is 18.4 Å². The average molecular weight is 334 g/mol. The Kier molecular flexibility index (Phi) is 5.31. The maximum Gasteiger partial charge on any atom is 0.337 e. The molecule has 6 nitrogen and oxygen atoms in total. The number of carbonyl (C=O) groups is 2. The third kappa shape index (κ3) is 3.78. The minimum absolute atomic E-state index is 0.0663. The Morgan fingerprint density at radius 3 is 1.50 bits per heavy atom. The first-order valence-electron chi connectivity index (χ1n) is 6.63. The third-order valence-corrected chi connectivity index (χ3v) is 3.00. The Morgan fingerprint density at radius 2 is 1.17 bits per heavy atom. The lowest BCUT2D eigenvalue weighted by atomic mass is 10.2. The molecule has 0 heterocycles. The van der Waals surface area contributed by atoms with E-state index in [1.807, 2.05) is 0 Å². The minimum atomic E-state index is -0.754. The quantitative estimate of drug-likeness (QED) is 0.626. The number of ether oxygens (including phenoxy) is 2. The fourth-order valence-corrected chi connectivity index (χ4v) is 1.78. The van der Waals surface area contributed by atoms with E-state index in [4.69, 9.17) is 0 Å². The number of hydrogen-bond donors (Lipinski definition) is 0. The fourth-order valence-electron chi connectivity index (χ4n) is 1.78. The SMILES string of the molecule is COC(=O)c1ccc(F)c(N=Nc2cc(C(=O)OC)ccc2F)c1. The van der Waals surface area contributed by atoms with E-state index in [0.29, 0.717) is 0 Å². The summed E-state index contributed by atoms with van der Waals surface area (Å²) in [5.41, 5.74) is -0.421. The molecule has 0 spiro atoms. The molecule has 0 unspecified atom stereocenters. The van der Waals surface area contributed by atoms with Crippen LogP contribution in [0.2, 0.25) is 0 Å². The zero-order chi connectivity index (χ0) is 17.7.